The number of carbonyl (C=O) groups excluding carboxylic acids is 2. The van der Waals surface area contributed by atoms with E-state index in [1.165, 1.54) is 212 Å². The maximum absolute atomic E-state index is 12.5. The molecule has 6 heteroatoms. The van der Waals surface area contributed by atoms with Crippen LogP contribution in [0, 0.1) is 0 Å². The average molecular weight is 929 g/mol. The van der Waals surface area contributed by atoms with Gasteiger partial charge in [0.15, 0.2) is 0 Å². The first-order chi connectivity index (χ1) is 32.5. The van der Waals surface area contributed by atoms with Crippen molar-refractivity contribution in [3.05, 3.63) is 36.5 Å². The minimum Gasteiger partial charge on any atom is -0.466 e. The van der Waals surface area contributed by atoms with E-state index in [-0.39, 0.29) is 18.5 Å². The van der Waals surface area contributed by atoms with Crippen LogP contribution in [0.1, 0.15) is 309 Å². The van der Waals surface area contributed by atoms with Gasteiger partial charge in [0.2, 0.25) is 5.91 Å². The highest BCUT2D eigenvalue weighted by Crippen LogP contribution is 2.17. The summed E-state index contributed by atoms with van der Waals surface area (Å²) in [6.07, 6.45) is 68.8. The molecule has 0 rings (SSSR count). The summed E-state index contributed by atoms with van der Waals surface area (Å²) in [6, 6.07) is -0.640. The van der Waals surface area contributed by atoms with Gasteiger partial charge in [-0.15, -0.1) is 0 Å². The van der Waals surface area contributed by atoms with Crippen molar-refractivity contribution >= 4 is 11.9 Å². The minimum atomic E-state index is -0.855. The molecule has 0 bridgehead atoms. The fourth-order valence-corrected chi connectivity index (χ4v) is 8.91. The molecule has 0 radical (unpaired) electrons. The van der Waals surface area contributed by atoms with Crippen molar-refractivity contribution in [3.8, 4) is 0 Å². The van der Waals surface area contributed by atoms with E-state index in [1.54, 1.807) is 6.08 Å². The topological polar surface area (TPSA) is 95.9 Å². The highest BCUT2D eigenvalue weighted by Gasteiger charge is 2.18. The minimum absolute atomic E-state index is 0.0219. The number of hydrogen-bond acceptors (Lipinski definition) is 5. The quantitative estimate of drug-likeness (QED) is 0.0321. The summed E-state index contributed by atoms with van der Waals surface area (Å²) in [7, 11) is 0. The molecule has 0 saturated carbocycles. The second kappa shape index (κ2) is 55.7. The summed E-state index contributed by atoms with van der Waals surface area (Å²) in [4.78, 5) is 24.5. The summed E-state index contributed by atoms with van der Waals surface area (Å²) in [6.45, 7) is 4.82. The Bertz CT molecular complexity index is 1070. The predicted octanol–water partition coefficient (Wildman–Crippen LogP) is 18.0. The average Bonchev–Trinajstić information content (AvgIpc) is 3.32. The number of unbranched alkanes of at least 4 members (excludes halogenated alkanes) is 39. The van der Waals surface area contributed by atoms with Crippen molar-refractivity contribution in [2.24, 2.45) is 0 Å². The first kappa shape index (κ1) is 64.1. The Morgan fingerprint density at radius 3 is 1.21 bits per heavy atom. The third kappa shape index (κ3) is 51.5. The van der Waals surface area contributed by atoms with Crippen LogP contribution in [-0.4, -0.2) is 47.4 Å². The van der Waals surface area contributed by atoms with E-state index in [9.17, 15) is 19.8 Å². The van der Waals surface area contributed by atoms with Gasteiger partial charge in [0.25, 0.3) is 0 Å². The number of ether oxygens (including phenoxy) is 1. The zero-order valence-electron chi connectivity index (χ0n) is 44.2. The molecule has 66 heavy (non-hydrogen) atoms. The molecule has 388 valence electrons. The van der Waals surface area contributed by atoms with Gasteiger partial charge in [0.05, 0.1) is 25.4 Å². The lowest BCUT2D eigenvalue weighted by Crippen LogP contribution is -2.45. The maximum atomic E-state index is 12.5. The molecule has 2 unspecified atom stereocenters. The van der Waals surface area contributed by atoms with Crippen molar-refractivity contribution in [2.45, 2.75) is 321 Å². The molecule has 0 aliphatic rings. The highest BCUT2D eigenvalue weighted by molar-refractivity contribution is 5.76. The zero-order valence-corrected chi connectivity index (χ0v) is 44.2. The molecule has 0 aliphatic carbocycles. The van der Waals surface area contributed by atoms with Crippen molar-refractivity contribution in [1.82, 2.24) is 5.32 Å². The number of allylic oxidation sites excluding steroid dienone is 5. The molecule has 6 nitrogen and oxygen atoms in total. The lowest BCUT2D eigenvalue weighted by atomic mass is 10.0. The van der Waals surface area contributed by atoms with Crippen LogP contribution in [0.4, 0.5) is 0 Å². The van der Waals surface area contributed by atoms with Crippen molar-refractivity contribution < 1.29 is 24.5 Å². The summed E-state index contributed by atoms with van der Waals surface area (Å²) in [5, 5.41) is 23.2. The van der Waals surface area contributed by atoms with E-state index in [0.29, 0.717) is 19.4 Å². The lowest BCUT2D eigenvalue weighted by molar-refractivity contribution is -0.143. The zero-order chi connectivity index (χ0) is 47.9. The first-order valence-corrected chi connectivity index (χ1v) is 29.3. The smallest absolute Gasteiger partial charge is 0.305 e. The lowest BCUT2D eigenvalue weighted by Gasteiger charge is -2.20. The number of esters is 1. The number of aliphatic hydroxyl groups is 2. The number of amides is 1. The fourth-order valence-electron chi connectivity index (χ4n) is 8.91. The maximum Gasteiger partial charge on any atom is 0.305 e. The van der Waals surface area contributed by atoms with E-state index >= 15 is 0 Å². The van der Waals surface area contributed by atoms with Gasteiger partial charge in [-0.3, -0.25) is 9.59 Å². The monoisotopic (exact) mass is 928 g/mol. The summed E-state index contributed by atoms with van der Waals surface area (Å²) in [5.41, 5.74) is 0. The van der Waals surface area contributed by atoms with Crippen LogP contribution in [0.2, 0.25) is 0 Å². The predicted molar refractivity (Wildman–Crippen MR) is 287 cm³/mol. The number of nitrogens with one attached hydrogen (secondary N) is 1. The van der Waals surface area contributed by atoms with Crippen LogP contribution in [0.25, 0.3) is 0 Å². The molecule has 0 aliphatic heterocycles. The van der Waals surface area contributed by atoms with Crippen LogP contribution < -0.4 is 5.32 Å². The van der Waals surface area contributed by atoms with Gasteiger partial charge < -0.3 is 20.3 Å². The Morgan fingerprint density at radius 1 is 0.424 bits per heavy atom. The molecule has 2 atom stereocenters. The Labute approximate surface area is 411 Å². The van der Waals surface area contributed by atoms with Gasteiger partial charge in [-0.2, -0.15) is 0 Å². The third-order valence-corrected chi connectivity index (χ3v) is 13.4. The summed E-state index contributed by atoms with van der Waals surface area (Å²) in [5.74, 6) is -0.101. The van der Waals surface area contributed by atoms with Crippen LogP contribution in [0.3, 0.4) is 0 Å². The van der Waals surface area contributed by atoms with E-state index in [1.807, 2.05) is 6.08 Å². The summed E-state index contributed by atoms with van der Waals surface area (Å²) >= 11 is 0. The normalized spacial score (nSPS) is 12.8. The molecule has 0 saturated heterocycles. The number of hydrogen-bond donors (Lipinski definition) is 3. The molecule has 1 amide bonds. The van der Waals surface area contributed by atoms with Crippen molar-refractivity contribution in [2.75, 3.05) is 13.2 Å². The van der Waals surface area contributed by atoms with E-state index in [4.69, 9.17) is 4.74 Å². The standard InChI is InChI=1S/C60H113NO5/c1-3-5-7-9-11-13-15-17-18-19-20-21-22-23-24-25-26-29-32-36-40-44-48-52-58(63)57(56-62)61-59(64)53-49-45-41-37-33-30-27-31-35-39-43-47-51-55-66-60(65)54-50-46-42-38-34-28-16-14-12-10-8-6-4-2/h8,10,14,16,48,52,57-58,62-63H,3-7,9,11-13,15,17-47,49-51,53-56H2,1-2H3,(H,61,64)/b10-8-,16-14-,52-48+. The van der Waals surface area contributed by atoms with Gasteiger partial charge in [-0.25, -0.2) is 0 Å². The Balaban J connectivity index is 3.49. The van der Waals surface area contributed by atoms with Gasteiger partial charge in [0, 0.05) is 12.8 Å². The van der Waals surface area contributed by atoms with Crippen LogP contribution in [0.15, 0.2) is 36.5 Å². The first-order valence-electron chi connectivity index (χ1n) is 29.3. The second-order valence-electron chi connectivity index (χ2n) is 20.0. The van der Waals surface area contributed by atoms with Gasteiger partial charge in [-0.1, -0.05) is 275 Å². The molecule has 0 aromatic rings. The van der Waals surface area contributed by atoms with Gasteiger partial charge in [-0.05, 0) is 57.8 Å². The van der Waals surface area contributed by atoms with Gasteiger partial charge in [0.1, 0.15) is 0 Å². The molecular weight excluding hydrogens is 815 g/mol. The van der Waals surface area contributed by atoms with Crippen LogP contribution >= 0.6 is 0 Å². The van der Waals surface area contributed by atoms with E-state index < -0.39 is 12.1 Å². The Hall–Kier alpha value is -1.92. The molecule has 0 fully saturated rings. The van der Waals surface area contributed by atoms with Crippen molar-refractivity contribution in [1.29, 1.82) is 0 Å². The Kier molecular flexibility index (Phi) is 54.1. The molecule has 3 N–H and O–H groups in total. The number of carbonyl (C=O) groups is 2. The largest absolute Gasteiger partial charge is 0.466 e. The van der Waals surface area contributed by atoms with E-state index in [0.717, 1.165) is 70.6 Å². The van der Waals surface area contributed by atoms with Crippen LogP contribution in [0.5, 0.6) is 0 Å². The summed E-state index contributed by atoms with van der Waals surface area (Å²) < 4.78 is 5.45. The number of aliphatic hydroxyl groups excluding tert-OH is 2. The van der Waals surface area contributed by atoms with Gasteiger partial charge >= 0.3 is 5.97 Å². The van der Waals surface area contributed by atoms with Crippen molar-refractivity contribution in [3.63, 3.8) is 0 Å². The number of rotatable bonds is 54. The molecule has 0 aromatic carbocycles. The Morgan fingerprint density at radius 2 is 0.788 bits per heavy atom. The SMILES string of the molecule is CCC/C=C\C/C=C\CCCCCCCC(=O)OCCCCCCCCCCCCCCCC(=O)NC(CO)C(O)/C=C/CCCCCCCCCCCCCCCCCCCCCCC. The molecule has 0 heterocycles. The fraction of sp³-hybridized carbons (Fsp3) is 0.867. The third-order valence-electron chi connectivity index (χ3n) is 13.4. The molecule has 0 spiro atoms. The molecular formula is C60H113NO5. The highest BCUT2D eigenvalue weighted by atomic mass is 16.5. The molecule has 0 aromatic heterocycles. The van der Waals surface area contributed by atoms with E-state index in [2.05, 4.69) is 43.5 Å². The second-order valence-corrected chi connectivity index (χ2v) is 20.0. The van der Waals surface area contributed by atoms with Crippen LogP contribution in [-0.2, 0) is 14.3 Å².